The molecule has 1 aliphatic carbocycles. The second-order valence-electron chi connectivity index (χ2n) is 4.68. The van der Waals surface area contributed by atoms with Crippen LogP contribution < -0.4 is 0 Å². The van der Waals surface area contributed by atoms with Gasteiger partial charge in [-0.3, -0.25) is 4.79 Å². The van der Waals surface area contributed by atoms with Gasteiger partial charge in [0.15, 0.2) is 0 Å². The van der Waals surface area contributed by atoms with Crippen LogP contribution >= 0.6 is 0 Å². The summed E-state index contributed by atoms with van der Waals surface area (Å²) in [6.07, 6.45) is 1.60. The Labute approximate surface area is 94.7 Å². The van der Waals surface area contributed by atoms with Crippen molar-refractivity contribution in [2.45, 2.75) is 38.2 Å². The number of rotatable bonds is 2. The van der Waals surface area contributed by atoms with Crippen molar-refractivity contribution in [1.82, 2.24) is 0 Å². The van der Waals surface area contributed by atoms with Crippen LogP contribution in [0.5, 0.6) is 0 Å². The van der Waals surface area contributed by atoms with E-state index in [0.29, 0.717) is 12.8 Å². The van der Waals surface area contributed by atoms with E-state index in [2.05, 4.69) is 13.0 Å². The maximum absolute atomic E-state index is 10.7. The Morgan fingerprint density at radius 3 is 2.94 bits per heavy atom. The molecule has 1 aromatic carbocycles. The van der Waals surface area contributed by atoms with E-state index in [9.17, 15) is 9.90 Å². The van der Waals surface area contributed by atoms with E-state index in [1.807, 2.05) is 12.1 Å². The van der Waals surface area contributed by atoms with Gasteiger partial charge in [-0.15, -0.1) is 0 Å². The molecule has 3 nitrogen and oxygen atoms in total. The van der Waals surface area contributed by atoms with Gasteiger partial charge in [0.05, 0.1) is 12.0 Å². The Hall–Kier alpha value is -1.35. The summed E-state index contributed by atoms with van der Waals surface area (Å²) in [6, 6.07) is 6.00. The summed E-state index contributed by atoms with van der Waals surface area (Å²) in [5.41, 5.74) is 2.54. The van der Waals surface area contributed by atoms with Crippen molar-refractivity contribution < 1.29 is 15.0 Å². The highest BCUT2D eigenvalue weighted by Crippen LogP contribution is 2.32. The molecule has 0 radical (unpaired) electrons. The fraction of sp³-hybridized carbons (Fsp3) is 0.462. The first-order valence-corrected chi connectivity index (χ1v) is 5.52. The van der Waals surface area contributed by atoms with Crippen molar-refractivity contribution in [2.75, 3.05) is 0 Å². The third-order valence-corrected chi connectivity index (χ3v) is 3.35. The van der Waals surface area contributed by atoms with Crippen LogP contribution in [0.4, 0.5) is 0 Å². The van der Waals surface area contributed by atoms with Crippen LogP contribution in [0.3, 0.4) is 0 Å². The number of fused-ring (bicyclic) bond motifs is 1. The average molecular weight is 220 g/mol. The van der Waals surface area contributed by atoms with E-state index in [4.69, 9.17) is 5.11 Å². The molecule has 0 bridgehead atoms. The Morgan fingerprint density at radius 1 is 1.50 bits per heavy atom. The minimum absolute atomic E-state index is 0.166. The molecule has 1 aromatic rings. The van der Waals surface area contributed by atoms with Crippen molar-refractivity contribution >= 4 is 5.97 Å². The largest absolute Gasteiger partial charge is 0.481 e. The van der Waals surface area contributed by atoms with Crippen molar-refractivity contribution in [3.05, 3.63) is 34.9 Å². The van der Waals surface area contributed by atoms with Crippen LogP contribution in [0, 0.1) is 6.92 Å². The Bertz CT molecular complexity index is 425. The van der Waals surface area contributed by atoms with Crippen LogP contribution in [0.1, 0.15) is 29.5 Å². The number of aliphatic carboxylic acids is 1. The molecule has 3 heteroatoms. The maximum atomic E-state index is 10.7. The molecule has 0 heterocycles. The number of carbonyl (C=O) groups is 1. The zero-order valence-electron chi connectivity index (χ0n) is 9.36. The first-order valence-electron chi connectivity index (χ1n) is 5.52. The maximum Gasteiger partial charge on any atom is 0.306 e. The van der Waals surface area contributed by atoms with E-state index >= 15 is 0 Å². The molecular weight excluding hydrogens is 204 g/mol. The van der Waals surface area contributed by atoms with Gasteiger partial charge in [-0.05, 0) is 36.5 Å². The minimum atomic E-state index is -1.06. The summed E-state index contributed by atoms with van der Waals surface area (Å²) in [7, 11) is 0. The van der Waals surface area contributed by atoms with E-state index in [-0.39, 0.29) is 6.42 Å². The molecule has 0 fully saturated rings. The standard InChI is InChI=1S/C13H16O3/c1-9-3-2-4-10-7-13(16,8-12(14)15)6-5-11(9)10/h2-4,16H,5-8H2,1H3,(H,14,15). The molecule has 0 aromatic heterocycles. The van der Waals surface area contributed by atoms with Crippen LogP contribution in [0.15, 0.2) is 18.2 Å². The smallest absolute Gasteiger partial charge is 0.306 e. The van der Waals surface area contributed by atoms with E-state index in [1.165, 1.54) is 11.1 Å². The SMILES string of the molecule is Cc1cccc2c1CCC(O)(CC(=O)O)C2. The molecule has 1 unspecified atom stereocenters. The number of carboxylic acid groups (broad SMARTS) is 1. The first kappa shape index (κ1) is 11.1. The van der Waals surface area contributed by atoms with Gasteiger partial charge in [0.25, 0.3) is 0 Å². The molecule has 2 N–H and O–H groups in total. The van der Waals surface area contributed by atoms with Crippen LogP contribution in [0.2, 0.25) is 0 Å². The van der Waals surface area contributed by atoms with Gasteiger partial charge in [0.2, 0.25) is 0 Å². The fourth-order valence-electron chi connectivity index (χ4n) is 2.52. The molecule has 1 aliphatic rings. The molecule has 1 atom stereocenters. The van der Waals surface area contributed by atoms with E-state index in [1.54, 1.807) is 0 Å². The van der Waals surface area contributed by atoms with Crippen molar-refractivity contribution in [2.24, 2.45) is 0 Å². The lowest BCUT2D eigenvalue weighted by molar-refractivity contribution is -0.143. The van der Waals surface area contributed by atoms with Crippen LogP contribution in [-0.2, 0) is 17.6 Å². The molecule has 0 aliphatic heterocycles. The molecule has 2 rings (SSSR count). The summed E-state index contributed by atoms with van der Waals surface area (Å²) in [5, 5.41) is 19.0. The third-order valence-electron chi connectivity index (χ3n) is 3.35. The van der Waals surface area contributed by atoms with Crippen LogP contribution in [0.25, 0.3) is 0 Å². The Balaban J connectivity index is 2.27. The highest BCUT2D eigenvalue weighted by Gasteiger charge is 2.34. The van der Waals surface area contributed by atoms with Crippen LogP contribution in [-0.4, -0.2) is 21.8 Å². The number of aliphatic hydroxyl groups is 1. The van der Waals surface area contributed by atoms with E-state index < -0.39 is 11.6 Å². The van der Waals surface area contributed by atoms with Gasteiger partial charge in [-0.1, -0.05) is 18.2 Å². The van der Waals surface area contributed by atoms with Gasteiger partial charge in [0, 0.05) is 6.42 Å². The molecule has 0 saturated heterocycles. The molecule has 86 valence electrons. The van der Waals surface area contributed by atoms with Gasteiger partial charge in [0.1, 0.15) is 0 Å². The zero-order valence-corrected chi connectivity index (χ0v) is 9.36. The van der Waals surface area contributed by atoms with Gasteiger partial charge in [-0.2, -0.15) is 0 Å². The van der Waals surface area contributed by atoms with E-state index in [0.717, 1.165) is 12.0 Å². The second kappa shape index (κ2) is 3.91. The highest BCUT2D eigenvalue weighted by atomic mass is 16.4. The number of hydrogen-bond acceptors (Lipinski definition) is 2. The van der Waals surface area contributed by atoms with Gasteiger partial charge in [-0.25, -0.2) is 0 Å². The lowest BCUT2D eigenvalue weighted by Crippen LogP contribution is -2.38. The summed E-state index contributed by atoms with van der Waals surface area (Å²) in [4.78, 5) is 10.7. The molecule has 0 saturated carbocycles. The lowest BCUT2D eigenvalue weighted by Gasteiger charge is -2.33. The molecule has 0 amide bonds. The summed E-state index contributed by atoms with van der Waals surface area (Å²) in [6.45, 7) is 2.06. The summed E-state index contributed by atoms with van der Waals surface area (Å²) in [5.74, 6) is -0.932. The predicted molar refractivity (Wildman–Crippen MR) is 60.4 cm³/mol. The van der Waals surface area contributed by atoms with Crippen molar-refractivity contribution in [3.8, 4) is 0 Å². The predicted octanol–water partition coefficient (Wildman–Crippen LogP) is 1.69. The minimum Gasteiger partial charge on any atom is -0.481 e. The molecule has 0 spiro atoms. The number of carboxylic acids is 1. The molecule has 16 heavy (non-hydrogen) atoms. The number of aryl methyl sites for hydroxylation is 1. The highest BCUT2D eigenvalue weighted by molar-refractivity contribution is 5.68. The summed E-state index contributed by atoms with van der Waals surface area (Å²) < 4.78 is 0. The van der Waals surface area contributed by atoms with Crippen molar-refractivity contribution in [3.63, 3.8) is 0 Å². The zero-order chi connectivity index (χ0) is 11.8. The first-order chi connectivity index (χ1) is 7.50. The Kier molecular flexibility index (Phi) is 2.72. The molecular formula is C13H16O3. The van der Waals surface area contributed by atoms with Gasteiger partial charge >= 0.3 is 5.97 Å². The number of benzene rings is 1. The third kappa shape index (κ3) is 2.09. The second-order valence-corrected chi connectivity index (χ2v) is 4.68. The fourth-order valence-corrected chi connectivity index (χ4v) is 2.52. The summed E-state index contributed by atoms with van der Waals surface area (Å²) >= 11 is 0. The normalized spacial score (nSPS) is 23.9. The average Bonchev–Trinajstić information content (AvgIpc) is 2.15. The monoisotopic (exact) mass is 220 g/mol. The topological polar surface area (TPSA) is 57.5 Å². The Morgan fingerprint density at radius 2 is 2.25 bits per heavy atom. The quantitative estimate of drug-likeness (QED) is 0.797. The van der Waals surface area contributed by atoms with Crippen molar-refractivity contribution in [1.29, 1.82) is 0 Å². The number of hydrogen-bond donors (Lipinski definition) is 2. The lowest BCUT2D eigenvalue weighted by atomic mass is 9.77. The van der Waals surface area contributed by atoms with Gasteiger partial charge < -0.3 is 10.2 Å².